The van der Waals surface area contributed by atoms with Crippen LogP contribution >= 0.6 is 0 Å². The average molecular weight is 448 g/mol. The molecule has 0 saturated carbocycles. The van der Waals surface area contributed by atoms with E-state index in [2.05, 4.69) is 5.32 Å². The van der Waals surface area contributed by atoms with Gasteiger partial charge in [0.2, 0.25) is 20.0 Å². The van der Waals surface area contributed by atoms with Crippen molar-refractivity contribution in [2.24, 2.45) is 0 Å². The Morgan fingerprint density at radius 2 is 1.76 bits per heavy atom. The Bertz CT molecular complexity index is 921. The fraction of sp³-hybridized carbons (Fsp3) is 0.611. The Labute approximate surface area is 173 Å². The number of hydrogen-bond acceptors (Lipinski definition) is 6. The van der Waals surface area contributed by atoms with Gasteiger partial charge in [-0.2, -0.15) is 8.61 Å². The summed E-state index contributed by atoms with van der Waals surface area (Å²) in [4.78, 5) is 12.6. The molecule has 1 N–H and O–H groups in total. The smallest absolute Gasteiger partial charge is 0.251 e. The molecule has 0 aliphatic carbocycles. The molecule has 0 spiro atoms. The zero-order chi connectivity index (χ0) is 21.7. The molecular weight excluding hydrogens is 418 g/mol. The summed E-state index contributed by atoms with van der Waals surface area (Å²) < 4.78 is 57.9. The van der Waals surface area contributed by atoms with Crippen LogP contribution in [0.5, 0.6) is 0 Å². The standard InChI is InChI=1S/C18H29N3O6S2/c1-4-20(5-2)29(25,26)16-7-6-15(3)17(14-16)18(22)19-8-13-28(23,24)21-9-11-27-12-10-21/h6-7,14H,4-5,8-13H2,1-3H3,(H,19,22). The van der Waals surface area contributed by atoms with Crippen molar-refractivity contribution < 1.29 is 26.4 Å². The molecule has 1 aromatic rings. The van der Waals surface area contributed by atoms with Crippen molar-refractivity contribution in [3.8, 4) is 0 Å². The highest BCUT2D eigenvalue weighted by Gasteiger charge is 2.25. The summed E-state index contributed by atoms with van der Waals surface area (Å²) in [6.45, 7) is 7.12. The Kier molecular flexibility index (Phi) is 8.18. The SMILES string of the molecule is CCN(CC)S(=O)(=O)c1ccc(C)c(C(=O)NCCS(=O)(=O)N2CCOCC2)c1. The van der Waals surface area contributed by atoms with E-state index in [1.54, 1.807) is 26.8 Å². The molecule has 0 atom stereocenters. The van der Waals surface area contributed by atoms with Crippen LogP contribution in [0.2, 0.25) is 0 Å². The van der Waals surface area contributed by atoms with Gasteiger partial charge in [0.05, 0.1) is 23.9 Å². The third kappa shape index (κ3) is 5.76. The first-order chi connectivity index (χ1) is 13.6. The molecular formula is C18H29N3O6S2. The molecule has 164 valence electrons. The first-order valence-electron chi connectivity index (χ1n) is 9.58. The van der Waals surface area contributed by atoms with Crippen molar-refractivity contribution in [1.82, 2.24) is 13.9 Å². The predicted octanol–water partition coefficient (Wildman–Crippen LogP) is 0.417. The molecule has 2 rings (SSSR count). The third-order valence-corrected chi connectivity index (χ3v) is 8.72. The lowest BCUT2D eigenvalue weighted by atomic mass is 10.1. The highest BCUT2D eigenvalue weighted by atomic mass is 32.2. The van der Waals surface area contributed by atoms with Crippen LogP contribution in [0.1, 0.15) is 29.8 Å². The normalized spacial score (nSPS) is 16.1. The summed E-state index contributed by atoms with van der Waals surface area (Å²) in [5.41, 5.74) is 0.819. The van der Waals surface area contributed by atoms with Gasteiger partial charge in [-0.25, -0.2) is 16.8 Å². The predicted molar refractivity (Wildman–Crippen MR) is 110 cm³/mol. The van der Waals surface area contributed by atoms with E-state index in [-0.39, 0.29) is 22.8 Å². The lowest BCUT2D eigenvalue weighted by molar-refractivity contribution is 0.0730. The maximum Gasteiger partial charge on any atom is 0.251 e. The number of amides is 1. The molecule has 1 fully saturated rings. The number of aryl methyl sites for hydroxylation is 1. The van der Waals surface area contributed by atoms with E-state index in [9.17, 15) is 21.6 Å². The van der Waals surface area contributed by atoms with Crippen LogP contribution in [0, 0.1) is 6.92 Å². The minimum atomic E-state index is -3.69. The molecule has 0 unspecified atom stereocenters. The topological polar surface area (TPSA) is 113 Å². The molecule has 1 aliphatic heterocycles. The molecule has 1 heterocycles. The first-order valence-corrected chi connectivity index (χ1v) is 12.6. The minimum Gasteiger partial charge on any atom is -0.379 e. The number of sulfonamides is 2. The van der Waals surface area contributed by atoms with E-state index in [1.807, 2.05) is 0 Å². The quantitative estimate of drug-likeness (QED) is 0.587. The van der Waals surface area contributed by atoms with Crippen LogP contribution in [-0.2, 0) is 24.8 Å². The number of morpholine rings is 1. The number of hydrogen-bond donors (Lipinski definition) is 1. The van der Waals surface area contributed by atoms with Gasteiger partial charge >= 0.3 is 0 Å². The van der Waals surface area contributed by atoms with E-state index in [0.29, 0.717) is 45.0 Å². The van der Waals surface area contributed by atoms with Crippen molar-refractivity contribution in [3.63, 3.8) is 0 Å². The summed E-state index contributed by atoms with van der Waals surface area (Å²) in [6.07, 6.45) is 0. The van der Waals surface area contributed by atoms with Gasteiger partial charge in [-0.05, 0) is 24.6 Å². The van der Waals surface area contributed by atoms with Gasteiger partial charge < -0.3 is 10.1 Å². The molecule has 9 nitrogen and oxygen atoms in total. The Morgan fingerprint density at radius 3 is 2.34 bits per heavy atom. The number of benzene rings is 1. The fourth-order valence-electron chi connectivity index (χ4n) is 3.06. The van der Waals surface area contributed by atoms with Crippen molar-refractivity contribution in [3.05, 3.63) is 29.3 Å². The van der Waals surface area contributed by atoms with E-state index in [0.717, 1.165) is 0 Å². The molecule has 1 aliphatic rings. The number of carbonyl (C=O) groups excluding carboxylic acids is 1. The minimum absolute atomic E-state index is 0.0397. The number of ether oxygens (including phenoxy) is 1. The number of rotatable bonds is 9. The van der Waals surface area contributed by atoms with Gasteiger partial charge in [-0.15, -0.1) is 0 Å². The van der Waals surface area contributed by atoms with Crippen LogP contribution in [0.4, 0.5) is 0 Å². The van der Waals surface area contributed by atoms with Gasteiger partial charge in [0.25, 0.3) is 5.91 Å². The van der Waals surface area contributed by atoms with Crippen LogP contribution in [0.3, 0.4) is 0 Å². The number of nitrogens with zero attached hydrogens (tertiary/aromatic N) is 2. The molecule has 1 saturated heterocycles. The Balaban J connectivity index is 2.09. The first kappa shape index (κ1) is 23.7. The van der Waals surface area contributed by atoms with E-state index < -0.39 is 26.0 Å². The maximum atomic E-state index is 12.7. The lowest BCUT2D eigenvalue weighted by Gasteiger charge is -2.26. The molecule has 11 heteroatoms. The summed E-state index contributed by atoms with van der Waals surface area (Å²) in [5, 5.41) is 2.59. The second-order valence-corrected chi connectivity index (χ2v) is 10.7. The van der Waals surface area contributed by atoms with Crippen molar-refractivity contribution in [2.45, 2.75) is 25.7 Å². The molecule has 0 radical (unpaired) electrons. The Morgan fingerprint density at radius 1 is 1.14 bits per heavy atom. The number of carbonyl (C=O) groups is 1. The second-order valence-electron chi connectivity index (χ2n) is 6.65. The summed E-state index contributed by atoms with van der Waals surface area (Å²) in [6, 6.07) is 4.40. The van der Waals surface area contributed by atoms with Crippen LogP contribution in [-0.4, -0.2) is 83.0 Å². The van der Waals surface area contributed by atoms with Crippen LogP contribution in [0.25, 0.3) is 0 Å². The summed E-state index contributed by atoms with van der Waals surface area (Å²) >= 11 is 0. The largest absolute Gasteiger partial charge is 0.379 e. The molecule has 1 aromatic carbocycles. The molecule has 0 aromatic heterocycles. The maximum absolute atomic E-state index is 12.7. The molecule has 29 heavy (non-hydrogen) atoms. The second kappa shape index (κ2) is 9.98. The van der Waals surface area contributed by atoms with Gasteiger partial charge in [0.15, 0.2) is 0 Å². The highest BCUT2D eigenvalue weighted by Crippen LogP contribution is 2.19. The monoisotopic (exact) mass is 447 g/mol. The lowest BCUT2D eigenvalue weighted by Crippen LogP contribution is -2.43. The number of nitrogens with one attached hydrogen (secondary N) is 1. The highest BCUT2D eigenvalue weighted by molar-refractivity contribution is 7.89. The van der Waals surface area contributed by atoms with E-state index in [4.69, 9.17) is 4.74 Å². The van der Waals surface area contributed by atoms with Crippen LogP contribution in [0.15, 0.2) is 23.1 Å². The average Bonchev–Trinajstić information content (AvgIpc) is 2.69. The summed E-state index contributed by atoms with van der Waals surface area (Å²) in [7, 11) is -7.18. The zero-order valence-corrected chi connectivity index (χ0v) is 18.7. The van der Waals surface area contributed by atoms with Gasteiger partial charge in [-0.1, -0.05) is 19.9 Å². The third-order valence-electron chi connectivity index (χ3n) is 4.81. The van der Waals surface area contributed by atoms with E-state index >= 15 is 0 Å². The van der Waals surface area contributed by atoms with Crippen molar-refractivity contribution in [2.75, 3.05) is 51.7 Å². The van der Waals surface area contributed by atoms with E-state index in [1.165, 1.54) is 20.7 Å². The molecule has 1 amide bonds. The molecule has 0 bridgehead atoms. The summed E-state index contributed by atoms with van der Waals surface area (Å²) in [5.74, 6) is -0.730. The van der Waals surface area contributed by atoms with Crippen LogP contribution < -0.4 is 5.32 Å². The van der Waals surface area contributed by atoms with Gasteiger partial charge in [-0.3, -0.25) is 4.79 Å². The van der Waals surface area contributed by atoms with Crippen molar-refractivity contribution >= 4 is 26.0 Å². The van der Waals surface area contributed by atoms with Gasteiger partial charge in [0, 0.05) is 38.3 Å². The zero-order valence-electron chi connectivity index (χ0n) is 17.0. The van der Waals surface area contributed by atoms with Crippen molar-refractivity contribution in [1.29, 1.82) is 0 Å². The Hall–Kier alpha value is -1.53. The van der Waals surface area contributed by atoms with Gasteiger partial charge in [0.1, 0.15) is 0 Å². The fourth-order valence-corrected chi connectivity index (χ4v) is 5.87.